The third kappa shape index (κ3) is 8.81. The fraction of sp³-hybridized carbons (Fsp3) is 0.875. The average molecular weight is 450 g/mol. The number of halogens is 4. The molecule has 2 amide bonds. The van der Waals surface area contributed by atoms with E-state index in [1.807, 2.05) is 9.80 Å². The first-order valence-corrected chi connectivity index (χ1v) is 11.0. The quantitative estimate of drug-likeness (QED) is 0.243. The molecule has 1 rings (SSSR count). The van der Waals surface area contributed by atoms with Crippen molar-refractivity contribution in [2.45, 2.75) is 50.6 Å². The Bertz CT molecular complexity index is 385. The summed E-state index contributed by atoms with van der Waals surface area (Å²) in [5.74, 6) is -0.214. The lowest BCUT2D eigenvalue weighted by atomic mass is 10.0. The van der Waals surface area contributed by atoms with Crippen LogP contribution in [0, 0.1) is 0 Å². The maximum absolute atomic E-state index is 12.2. The van der Waals surface area contributed by atoms with Crippen LogP contribution in [0.5, 0.6) is 0 Å². The van der Waals surface area contributed by atoms with Gasteiger partial charge in [0.2, 0.25) is 11.8 Å². The van der Waals surface area contributed by atoms with E-state index in [-0.39, 0.29) is 11.8 Å². The fourth-order valence-electron chi connectivity index (χ4n) is 2.75. The molecule has 0 saturated carbocycles. The number of alkyl halides is 4. The van der Waals surface area contributed by atoms with Crippen molar-refractivity contribution in [1.82, 2.24) is 20.4 Å². The van der Waals surface area contributed by atoms with E-state index >= 15 is 0 Å². The molecule has 1 fully saturated rings. The van der Waals surface area contributed by atoms with Crippen molar-refractivity contribution in [3.8, 4) is 0 Å². The molecule has 0 aliphatic carbocycles. The normalized spacial score (nSPS) is 20.5. The summed E-state index contributed by atoms with van der Waals surface area (Å²) in [7, 11) is 0. The third-order valence-corrected chi connectivity index (χ3v) is 5.73. The fourth-order valence-corrected chi connectivity index (χ4v) is 3.74. The van der Waals surface area contributed by atoms with E-state index in [9.17, 15) is 9.59 Å². The predicted octanol–water partition coefficient (Wildman–Crippen LogP) is 2.70. The van der Waals surface area contributed by atoms with E-state index in [0.717, 1.165) is 38.8 Å². The first-order valence-electron chi connectivity index (χ1n) is 8.85. The van der Waals surface area contributed by atoms with Crippen LogP contribution < -0.4 is 10.6 Å². The van der Waals surface area contributed by atoms with Gasteiger partial charge in [0.05, 0.1) is 24.0 Å². The SMILES string of the molecule is O=C1NC(CCCCN(CCl)CCl)C(=O)NC1CCCCN(CCl)CCl. The number of piperazine rings is 1. The second kappa shape index (κ2) is 14.1. The molecule has 0 aromatic rings. The molecule has 0 aromatic carbocycles. The zero-order valence-electron chi connectivity index (χ0n) is 14.9. The first-order chi connectivity index (χ1) is 12.5. The molecule has 0 aromatic heterocycles. The van der Waals surface area contributed by atoms with Crippen LogP contribution in [0.25, 0.3) is 0 Å². The van der Waals surface area contributed by atoms with Crippen LogP contribution in [0.15, 0.2) is 0 Å². The molecule has 2 N–H and O–H groups in total. The van der Waals surface area contributed by atoms with Crippen molar-refractivity contribution in [1.29, 1.82) is 0 Å². The zero-order chi connectivity index (χ0) is 19.4. The number of carbonyl (C=O) groups excluding carboxylic acids is 2. The molecule has 1 saturated heterocycles. The van der Waals surface area contributed by atoms with Crippen molar-refractivity contribution in [2.24, 2.45) is 0 Å². The Morgan fingerprint density at radius 3 is 1.31 bits per heavy atom. The summed E-state index contributed by atoms with van der Waals surface area (Å²) in [4.78, 5) is 28.2. The van der Waals surface area contributed by atoms with Gasteiger partial charge in [0.15, 0.2) is 0 Å². The van der Waals surface area contributed by atoms with Gasteiger partial charge in [-0.15, -0.1) is 46.4 Å². The summed E-state index contributed by atoms with van der Waals surface area (Å²) in [5.41, 5.74) is 0. The molecular formula is C16H28Cl4N4O2. The maximum atomic E-state index is 12.2. The summed E-state index contributed by atoms with van der Waals surface area (Å²) in [6.45, 7) is 1.55. The van der Waals surface area contributed by atoms with E-state index < -0.39 is 12.1 Å². The minimum Gasteiger partial charge on any atom is -0.343 e. The van der Waals surface area contributed by atoms with Gasteiger partial charge in [-0.2, -0.15) is 0 Å². The highest BCUT2D eigenvalue weighted by Crippen LogP contribution is 2.11. The third-order valence-electron chi connectivity index (χ3n) is 4.38. The largest absolute Gasteiger partial charge is 0.343 e. The monoisotopic (exact) mass is 448 g/mol. The van der Waals surface area contributed by atoms with Gasteiger partial charge in [-0.05, 0) is 38.5 Å². The van der Waals surface area contributed by atoms with Crippen molar-refractivity contribution in [2.75, 3.05) is 37.1 Å². The van der Waals surface area contributed by atoms with E-state index in [0.29, 0.717) is 36.9 Å². The van der Waals surface area contributed by atoms with Crippen molar-refractivity contribution < 1.29 is 9.59 Å². The standard InChI is InChI=1S/C16H28Cl4N4O2/c17-9-23(10-18)7-3-1-5-13-15(25)22-14(16(26)21-13)6-2-4-8-24(11-19)12-20/h13-14H,1-12H2,(H,21,26)(H,22,25). The Hall–Kier alpha value is 0.0200. The van der Waals surface area contributed by atoms with Gasteiger partial charge in [-0.25, -0.2) is 0 Å². The van der Waals surface area contributed by atoms with Gasteiger partial charge in [0.25, 0.3) is 0 Å². The molecule has 0 radical (unpaired) electrons. The summed E-state index contributed by atoms with van der Waals surface area (Å²) in [6, 6.07) is 0.640. The minimum atomic E-state index is -0.456. The molecular weight excluding hydrogens is 422 g/mol. The Balaban J connectivity index is 2.24. The summed E-state index contributed by atoms with van der Waals surface area (Å²) < 4.78 is 0. The smallest absolute Gasteiger partial charge is 0.243 e. The minimum absolute atomic E-state index is 0.107. The van der Waals surface area contributed by atoms with Crippen LogP contribution in [0.2, 0.25) is 0 Å². The van der Waals surface area contributed by atoms with Gasteiger partial charge in [-0.1, -0.05) is 0 Å². The Morgan fingerprint density at radius 2 is 1.00 bits per heavy atom. The number of carbonyl (C=O) groups is 2. The van der Waals surface area contributed by atoms with Crippen LogP contribution in [0.3, 0.4) is 0 Å². The number of unbranched alkanes of at least 4 members (excludes halogenated alkanes) is 2. The number of nitrogens with one attached hydrogen (secondary N) is 2. The summed E-state index contributed by atoms with van der Waals surface area (Å²) in [5, 5.41) is 5.67. The molecule has 0 bridgehead atoms. The van der Waals surface area contributed by atoms with Gasteiger partial charge in [0, 0.05) is 13.1 Å². The predicted molar refractivity (Wildman–Crippen MR) is 108 cm³/mol. The van der Waals surface area contributed by atoms with Gasteiger partial charge in [0.1, 0.15) is 12.1 Å². The highest BCUT2D eigenvalue weighted by atomic mass is 35.5. The van der Waals surface area contributed by atoms with Gasteiger partial charge in [-0.3, -0.25) is 19.4 Å². The van der Waals surface area contributed by atoms with Crippen LogP contribution in [-0.2, 0) is 9.59 Å². The lowest BCUT2D eigenvalue weighted by Gasteiger charge is -2.30. The zero-order valence-corrected chi connectivity index (χ0v) is 17.9. The Labute approximate surface area is 175 Å². The molecule has 1 heterocycles. The van der Waals surface area contributed by atoms with E-state index in [1.54, 1.807) is 0 Å². The number of amides is 2. The van der Waals surface area contributed by atoms with Crippen LogP contribution in [0.1, 0.15) is 38.5 Å². The van der Waals surface area contributed by atoms with Crippen molar-refractivity contribution >= 4 is 58.2 Å². The lowest BCUT2D eigenvalue weighted by molar-refractivity contribution is -0.137. The second-order valence-electron chi connectivity index (χ2n) is 6.38. The first kappa shape index (κ1) is 24.1. The average Bonchev–Trinajstić information content (AvgIpc) is 2.65. The van der Waals surface area contributed by atoms with Gasteiger partial charge >= 0.3 is 0 Å². The van der Waals surface area contributed by atoms with E-state index in [2.05, 4.69) is 10.6 Å². The molecule has 1 aliphatic heterocycles. The molecule has 6 nitrogen and oxygen atoms in total. The van der Waals surface area contributed by atoms with Crippen LogP contribution in [0.4, 0.5) is 0 Å². The number of rotatable bonds is 14. The number of hydrogen-bond donors (Lipinski definition) is 2. The second-order valence-corrected chi connectivity index (χ2v) is 7.34. The molecule has 10 heteroatoms. The number of hydrogen-bond acceptors (Lipinski definition) is 4. The topological polar surface area (TPSA) is 64.7 Å². The van der Waals surface area contributed by atoms with Crippen molar-refractivity contribution in [3.63, 3.8) is 0 Å². The Morgan fingerprint density at radius 1 is 0.654 bits per heavy atom. The summed E-state index contributed by atoms with van der Waals surface area (Å²) >= 11 is 23.0. The maximum Gasteiger partial charge on any atom is 0.243 e. The molecule has 0 spiro atoms. The lowest BCUT2D eigenvalue weighted by Crippen LogP contribution is -2.61. The van der Waals surface area contributed by atoms with Crippen LogP contribution in [-0.4, -0.2) is 70.8 Å². The molecule has 26 heavy (non-hydrogen) atoms. The van der Waals surface area contributed by atoms with Crippen molar-refractivity contribution in [3.05, 3.63) is 0 Å². The summed E-state index contributed by atoms with van der Waals surface area (Å²) in [6.07, 6.45) is 4.62. The Kier molecular flexibility index (Phi) is 13.0. The molecule has 2 unspecified atom stereocenters. The number of nitrogens with zero attached hydrogens (tertiary/aromatic N) is 2. The molecule has 152 valence electrons. The highest BCUT2D eigenvalue weighted by Gasteiger charge is 2.32. The van der Waals surface area contributed by atoms with Gasteiger partial charge < -0.3 is 10.6 Å². The van der Waals surface area contributed by atoms with E-state index in [4.69, 9.17) is 46.4 Å². The highest BCUT2D eigenvalue weighted by molar-refractivity contribution is 6.20. The van der Waals surface area contributed by atoms with Crippen LogP contribution >= 0.6 is 46.4 Å². The molecule has 2 atom stereocenters. The molecule has 1 aliphatic rings. The van der Waals surface area contributed by atoms with E-state index in [1.165, 1.54) is 0 Å².